The van der Waals surface area contributed by atoms with Gasteiger partial charge in [0.05, 0.1) is 12.2 Å². The molecule has 0 aliphatic heterocycles. The van der Waals surface area contributed by atoms with Crippen molar-refractivity contribution in [3.05, 3.63) is 24.3 Å². The maximum atomic E-state index is 12.2. The Morgan fingerprint density at radius 2 is 1.78 bits per heavy atom. The summed E-state index contributed by atoms with van der Waals surface area (Å²) in [6, 6.07) is 5.75. The number of nitrogens with one attached hydrogen (secondary N) is 1. The third-order valence-electron chi connectivity index (χ3n) is 2.10. The average Bonchev–Trinajstić information content (AvgIpc) is 2.30. The first-order valence-corrected chi connectivity index (χ1v) is 5.10. The van der Waals surface area contributed by atoms with Crippen LogP contribution in [0.2, 0.25) is 0 Å². The summed E-state index contributed by atoms with van der Waals surface area (Å²) in [5.74, 6) is -0.295. The Labute approximate surface area is 103 Å². The van der Waals surface area contributed by atoms with Crippen LogP contribution < -0.4 is 10.1 Å². The normalized spacial score (nSPS) is 11.7. The fourth-order valence-corrected chi connectivity index (χ4v) is 1.28. The van der Waals surface area contributed by atoms with Crippen molar-refractivity contribution in [1.82, 2.24) is 0 Å². The van der Waals surface area contributed by atoms with Crippen LogP contribution in [-0.2, 0) is 9.47 Å². The lowest BCUT2D eigenvalue weighted by molar-refractivity contribution is -0.274. The van der Waals surface area contributed by atoms with Gasteiger partial charge in [-0.25, -0.2) is 0 Å². The Balaban J connectivity index is 2.70. The number of anilines is 1. The zero-order chi connectivity index (χ0) is 13.6. The number of hydrogen-bond donors (Lipinski definition) is 1. The molecule has 0 aliphatic carbocycles. The maximum absolute atomic E-state index is 12.2. The maximum Gasteiger partial charge on any atom is 0.573 e. The lowest BCUT2D eigenvalue weighted by atomic mass is 10.3. The van der Waals surface area contributed by atoms with Crippen LogP contribution in [0.3, 0.4) is 0 Å². The Hall–Kier alpha value is -1.47. The highest BCUT2D eigenvalue weighted by Gasteiger charge is 2.32. The Bertz CT molecular complexity index is 367. The summed E-state index contributed by atoms with van der Waals surface area (Å²) >= 11 is 0. The molecule has 4 nitrogen and oxygen atoms in total. The molecule has 0 saturated carbocycles. The first kappa shape index (κ1) is 14.6. The van der Waals surface area contributed by atoms with E-state index in [1.165, 1.54) is 32.4 Å². The molecule has 0 bridgehead atoms. The van der Waals surface area contributed by atoms with Crippen LogP contribution in [0.4, 0.5) is 18.9 Å². The molecule has 0 radical (unpaired) electrons. The smallest absolute Gasteiger partial charge is 0.404 e. The number of para-hydroxylation sites is 2. The predicted octanol–water partition coefficient (Wildman–Crippen LogP) is 2.62. The number of methoxy groups -OCH3 is 2. The van der Waals surface area contributed by atoms with Gasteiger partial charge in [0.2, 0.25) is 0 Å². The van der Waals surface area contributed by atoms with Gasteiger partial charge in [-0.3, -0.25) is 0 Å². The van der Waals surface area contributed by atoms with Crippen LogP contribution >= 0.6 is 0 Å². The Morgan fingerprint density at radius 1 is 1.17 bits per heavy atom. The minimum absolute atomic E-state index is 0.200. The first-order valence-electron chi connectivity index (χ1n) is 5.10. The molecule has 1 aromatic rings. The molecule has 0 heterocycles. The molecule has 0 saturated heterocycles. The number of halogens is 3. The molecule has 0 fully saturated rings. The van der Waals surface area contributed by atoms with Crippen LogP contribution in [0, 0.1) is 0 Å². The zero-order valence-electron chi connectivity index (χ0n) is 9.95. The van der Waals surface area contributed by atoms with Crippen molar-refractivity contribution in [3.8, 4) is 5.75 Å². The molecule has 0 spiro atoms. The highest BCUT2D eigenvalue weighted by Crippen LogP contribution is 2.29. The van der Waals surface area contributed by atoms with E-state index in [4.69, 9.17) is 9.47 Å². The van der Waals surface area contributed by atoms with Crippen molar-refractivity contribution in [2.75, 3.05) is 26.1 Å². The van der Waals surface area contributed by atoms with Crippen LogP contribution in [0.15, 0.2) is 24.3 Å². The summed E-state index contributed by atoms with van der Waals surface area (Å²) in [5.41, 5.74) is 0.217. The largest absolute Gasteiger partial charge is 0.573 e. The monoisotopic (exact) mass is 265 g/mol. The van der Waals surface area contributed by atoms with Gasteiger partial charge in [0.15, 0.2) is 12.0 Å². The minimum Gasteiger partial charge on any atom is -0.404 e. The van der Waals surface area contributed by atoms with Gasteiger partial charge < -0.3 is 19.5 Å². The topological polar surface area (TPSA) is 39.7 Å². The molecule has 1 N–H and O–H groups in total. The minimum atomic E-state index is -4.72. The summed E-state index contributed by atoms with van der Waals surface area (Å²) in [6.45, 7) is 0.200. The molecule has 1 rings (SSSR count). The molecule has 0 aromatic heterocycles. The molecule has 0 atom stereocenters. The van der Waals surface area contributed by atoms with E-state index in [-0.39, 0.29) is 18.0 Å². The third-order valence-corrected chi connectivity index (χ3v) is 2.10. The van der Waals surface area contributed by atoms with Crippen LogP contribution in [0.5, 0.6) is 5.75 Å². The Morgan fingerprint density at radius 3 is 2.33 bits per heavy atom. The lowest BCUT2D eigenvalue weighted by Gasteiger charge is -2.17. The second-order valence-corrected chi connectivity index (χ2v) is 3.33. The number of alkyl halides is 3. The van der Waals surface area contributed by atoms with Crippen molar-refractivity contribution in [3.63, 3.8) is 0 Å². The molecule has 102 valence electrons. The number of rotatable bonds is 6. The van der Waals surface area contributed by atoms with E-state index >= 15 is 0 Å². The van der Waals surface area contributed by atoms with Gasteiger partial charge in [-0.2, -0.15) is 0 Å². The average molecular weight is 265 g/mol. The van der Waals surface area contributed by atoms with Gasteiger partial charge in [-0.15, -0.1) is 13.2 Å². The van der Waals surface area contributed by atoms with Gasteiger partial charge in [0.1, 0.15) is 0 Å². The van der Waals surface area contributed by atoms with Gasteiger partial charge in [0, 0.05) is 14.2 Å². The molecule has 7 heteroatoms. The second kappa shape index (κ2) is 6.46. The lowest BCUT2D eigenvalue weighted by Crippen LogP contribution is -2.24. The number of ether oxygens (including phenoxy) is 3. The van der Waals surface area contributed by atoms with Crippen molar-refractivity contribution in [2.24, 2.45) is 0 Å². The summed E-state index contributed by atoms with van der Waals surface area (Å²) in [6.07, 6.45) is -5.27. The summed E-state index contributed by atoms with van der Waals surface area (Å²) in [4.78, 5) is 0. The number of hydrogen-bond acceptors (Lipinski definition) is 4. The number of benzene rings is 1. The van der Waals surface area contributed by atoms with E-state index < -0.39 is 12.7 Å². The van der Waals surface area contributed by atoms with E-state index in [9.17, 15) is 13.2 Å². The van der Waals surface area contributed by atoms with Crippen molar-refractivity contribution >= 4 is 5.69 Å². The molecular formula is C11H14F3NO3. The first-order chi connectivity index (χ1) is 8.46. The van der Waals surface area contributed by atoms with E-state index in [1.807, 2.05) is 0 Å². The van der Waals surface area contributed by atoms with Crippen LogP contribution in [0.1, 0.15) is 0 Å². The third kappa shape index (κ3) is 4.80. The summed E-state index contributed by atoms with van der Waals surface area (Å²) in [7, 11) is 2.88. The van der Waals surface area contributed by atoms with Crippen molar-refractivity contribution in [2.45, 2.75) is 12.7 Å². The van der Waals surface area contributed by atoms with E-state index in [2.05, 4.69) is 10.1 Å². The highest BCUT2D eigenvalue weighted by atomic mass is 19.4. The fraction of sp³-hybridized carbons (Fsp3) is 0.455. The molecule has 18 heavy (non-hydrogen) atoms. The van der Waals surface area contributed by atoms with Crippen LogP contribution in [0.25, 0.3) is 0 Å². The van der Waals surface area contributed by atoms with Crippen molar-refractivity contribution < 1.29 is 27.4 Å². The summed E-state index contributed by atoms with van der Waals surface area (Å²) < 4.78 is 50.2. The zero-order valence-corrected chi connectivity index (χ0v) is 9.95. The predicted molar refractivity (Wildman–Crippen MR) is 59.4 cm³/mol. The molecule has 0 unspecified atom stereocenters. The van der Waals surface area contributed by atoms with Gasteiger partial charge in [-0.1, -0.05) is 12.1 Å². The fourth-order valence-electron chi connectivity index (χ4n) is 1.28. The van der Waals surface area contributed by atoms with E-state index in [0.29, 0.717) is 0 Å². The Kier molecular flexibility index (Phi) is 5.24. The highest BCUT2D eigenvalue weighted by molar-refractivity contribution is 5.56. The SMILES string of the molecule is COC(CNc1ccccc1OC(F)(F)F)OC. The van der Waals surface area contributed by atoms with E-state index in [0.717, 1.165) is 0 Å². The molecule has 1 aromatic carbocycles. The van der Waals surface area contributed by atoms with Gasteiger partial charge >= 0.3 is 6.36 Å². The van der Waals surface area contributed by atoms with Gasteiger partial charge in [0.25, 0.3) is 0 Å². The standard InChI is InChI=1S/C11H14F3NO3/c1-16-10(17-2)7-15-8-5-3-4-6-9(8)18-11(12,13)14/h3-6,10,15H,7H2,1-2H3. The van der Waals surface area contributed by atoms with E-state index in [1.54, 1.807) is 6.07 Å². The second-order valence-electron chi connectivity index (χ2n) is 3.33. The van der Waals surface area contributed by atoms with Crippen molar-refractivity contribution in [1.29, 1.82) is 0 Å². The van der Waals surface area contributed by atoms with Gasteiger partial charge in [-0.05, 0) is 12.1 Å². The van der Waals surface area contributed by atoms with Crippen LogP contribution in [-0.4, -0.2) is 33.4 Å². The summed E-state index contributed by atoms with van der Waals surface area (Å²) in [5, 5.41) is 2.76. The molecule has 0 amide bonds. The quantitative estimate of drug-likeness (QED) is 0.803. The molecular weight excluding hydrogens is 251 g/mol. The molecule has 0 aliphatic rings.